The van der Waals surface area contributed by atoms with Crippen molar-refractivity contribution in [3.05, 3.63) is 144 Å². The van der Waals surface area contributed by atoms with Gasteiger partial charge in [0, 0.05) is 74.4 Å². The Balaban J connectivity index is 0.000000453. The van der Waals surface area contributed by atoms with E-state index in [1.165, 1.54) is 15.9 Å². The van der Waals surface area contributed by atoms with E-state index in [1.807, 2.05) is 50.6 Å². The summed E-state index contributed by atoms with van der Waals surface area (Å²) in [5, 5.41) is 32.0. The maximum absolute atomic E-state index is 13.0. The number of aliphatic hydroxyl groups excluding tert-OH is 2. The molecule has 0 aliphatic heterocycles. The summed E-state index contributed by atoms with van der Waals surface area (Å²) in [5.74, 6) is 1.76. The number of nitrogens with zero attached hydrogens (tertiary/aromatic N) is 4. The molecule has 0 spiro atoms. The number of alkyl carbamates (subject to hydrolysis) is 1. The van der Waals surface area contributed by atoms with Gasteiger partial charge in [-0.2, -0.15) is 0 Å². The molecule has 2 unspecified atom stereocenters. The SMILES string of the molecule is CCn1cc(-c2ccc(CC(CCO[Si](c3ccccc3)(c3ccccc3)C(C)(C)C)NC(=O)OC(C)(C)C)cc2)nc1C(C)(C)O.CCn1cc(-c2ccc(CC(N)CCO)cc2)nc1C(C)(C)C.CO.Cl. The number of aryl methyl sites for hydroxylation is 2. The lowest BCUT2D eigenvalue weighted by Gasteiger charge is -2.43. The first-order valence-electron chi connectivity index (χ1n) is 25.5. The van der Waals surface area contributed by atoms with Crippen LogP contribution in [0.15, 0.2) is 122 Å². The largest absolute Gasteiger partial charge is 0.444 e. The van der Waals surface area contributed by atoms with Gasteiger partial charge in [-0.3, -0.25) is 0 Å². The van der Waals surface area contributed by atoms with E-state index in [1.54, 1.807) is 13.8 Å². The van der Waals surface area contributed by atoms with Crippen LogP contribution in [0, 0.1) is 0 Å². The molecule has 1 amide bonds. The minimum Gasteiger partial charge on any atom is -0.444 e. The number of benzene rings is 4. The Bertz CT molecular complexity index is 2500. The Morgan fingerprint density at radius 3 is 1.48 bits per heavy atom. The summed E-state index contributed by atoms with van der Waals surface area (Å²) < 4.78 is 17.0. The van der Waals surface area contributed by atoms with Gasteiger partial charge >= 0.3 is 6.09 Å². The zero-order valence-corrected chi connectivity index (χ0v) is 48.0. The third-order valence-corrected chi connectivity index (χ3v) is 17.4. The van der Waals surface area contributed by atoms with E-state index in [0.717, 1.165) is 60.5 Å². The fraction of sp³-hybridized carbons (Fsp3) is 0.475. The van der Waals surface area contributed by atoms with Crippen molar-refractivity contribution in [2.75, 3.05) is 20.3 Å². The predicted octanol–water partition coefficient (Wildman–Crippen LogP) is 10.3. The second-order valence-corrected chi connectivity index (χ2v) is 26.3. The second kappa shape index (κ2) is 27.4. The number of hydrogen-bond donors (Lipinski definition) is 5. The molecule has 2 heterocycles. The molecule has 400 valence electrons. The molecule has 2 aromatic heterocycles. The molecule has 6 rings (SSSR count). The zero-order chi connectivity index (χ0) is 53.5. The normalized spacial score (nSPS) is 12.8. The molecule has 0 radical (unpaired) electrons. The van der Waals surface area contributed by atoms with E-state index in [0.29, 0.717) is 31.7 Å². The van der Waals surface area contributed by atoms with Gasteiger partial charge in [0.25, 0.3) is 8.32 Å². The van der Waals surface area contributed by atoms with Crippen LogP contribution in [0.25, 0.3) is 22.5 Å². The Morgan fingerprint density at radius 2 is 1.11 bits per heavy atom. The van der Waals surface area contributed by atoms with Gasteiger partial charge in [-0.05, 0) is 101 Å². The maximum Gasteiger partial charge on any atom is 0.407 e. The highest BCUT2D eigenvalue weighted by Gasteiger charge is 2.50. The molecule has 12 nitrogen and oxygen atoms in total. The number of hydrogen-bond acceptors (Lipinski definition) is 9. The summed E-state index contributed by atoms with van der Waals surface area (Å²) in [5.41, 5.74) is 10.6. The highest BCUT2D eigenvalue weighted by atomic mass is 35.5. The van der Waals surface area contributed by atoms with Crippen LogP contribution < -0.4 is 21.4 Å². The quantitative estimate of drug-likeness (QED) is 0.0526. The van der Waals surface area contributed by atoms with Gasteiger partial charge in [0.2, 0.25) is 0 Å². The second-order valence-electron chi connectivity index (χ2n) is 22.0. The minimum atomic E-state index is -2.72. The van der Waals surface area contributed by atoms with E-state index >= 15 is 0 Å². The molecule has 14 heteroatoms. The third kappa shape index (κ3) is 17.5. The van der Waals surface area contributed by atoms with Crippen molar-refractivity contribution in [3.8, 4) is 22.5 Å². The number of nitrogens with two attached hydrogens (primary N) is 1. The number of ether oxygens (including phenoxy) is 1. The Hall–Kier alpha value is -5.12. The van der Waals surface area contributed by atoms with Gasteiger partial charge in [-0.25, -0.2) is 14.8 Å². The molecule has 6 N–H and O–H groups in total. The molecule has 6 aromatic rings. The highest BCUT2D eigenvalue weighted by Crippen LogP contribution is 2.37. The molecule has 0 saturated carbocycles. The number of carbonyl (C=O) groups excluding carboxylic acids is 1. The van der Waals surface area contributed by atoms with Gasteiger partial charge in [0.1, 0.15) is 22.9 Å². The lowest BCUT2D eigenvalue weighted by Crippen LogP contribution is -2.66. The van der Waals surface area contributed by atoms with Crippen molar-refractivity contribution in [1.82, 2.24) is 24.4 Å². The van der Waals surface area contributed by atoms with Gasteiger partial charge in [-0.15, -0.1) is 12.4 Å². The van der Waals surface area contributed by atoms with Crippen LogP contribution in [0.4, 0.5) is 4.79 Å². The van der Waals surface area contributed by atoms with Crippen LogP contribution in [-0.4, -0.2) is 86.8 Å². The van der Waals surface area contributed by atoms with Crippen LogP contribution in [0.1, 0.15) is 126 Å². The van der Waals surface area contributed by atoms with E-state index in [9.17, 15) is 9.90 Å². The summed E-state index contributed by atoms with van der Waals surface area (Å²) in [4.78, 5) is 22.6. The van der Waals surface area contributed by atoms with Crippen LogP contribution in [-0.2, 0) is 46.1 Å². The number of nitrogens with one attached hydrogen (secondary N) is 1. The lowest BCUT2D eigenvalue weighted by molar-refractivity contribution is 0.0497. The van der Waals surface area contributed by atoms with Crippen molar-refractivity contribution >= 4 is 37.2 Å². The zero-order valence-electron chi connectivity index (χ0n) is 46.2. The molecule has 0 fully saturated rings. The highest BCUT2D eigenvalue weighted by molar-refractivity contribution is 6.99. The molecular formula is C59H87ClN6O6Si. The van der Waals surface area contributed by atoms with Crippen LogP contribution in [0.5, 0.6) is 0 Å². The van der Waals surface area contributed by atoms with Crippen molar-refractivity contribution in [1.29, 1.82) is 0 Å². The monoisotopic (exact) mass is 1040 g/mol. The number of carbonyl (C=O) groups is 1. The number of amides is 1. The van der Waals surface area contributed by atoms with Crippen molar-refractivity contribution in [3.63, 3.8) is 0 Å². The number of imidazole rings is 2. The summed E-state index contributed by atoms with van der Waals surface area (Å²) >= 11 is 0. The van der Waals surface area contributed by atoms with Crippen LogP contribution in [0.3, 0.4) is 0 Å². The molecule has 0 saturated heterocycles. The first-order chi connectivity index (χ1) is 33.9. The number of aliphatic hydroxyl groups is 3. The van der Waals surface area contributed by atoms with E-state index in [4.69, 9.17) is 35.1 Å². The fourth-order valence-corrected chi connectivity index (χ4v) is 13.6. The summed E-state index contributed by atoms with van der Waals surface area (Å²) in [6.45, 7) is 28.9. The average Bonchev–Trinajstić information content (AvgIpc) is 3.98. The fourth-order valence-electron chi connectivity index (χ4n) is 8.97. The molecular weight excluding hydrogens is 952 g/mol. The van der Waals surface area contributed by atoms with Crippen LogP contribution >= 0.6 is 12.4 Å². The van der Waals surface area contributed by atoms with E-state index in [2.05, 4.69) is 162 Å². The van der Waals surface area contributed by atoms with Gasteiger partial charge in [-0.1, -0.05) is 151 Å². The Kier molecular flexibility index (Phi) is 23.4. The Labute approximate surface area is 444 Å². The first kappa shape index (κ1) is 62.2. The first-order valence-corrected chi connectivity index (χ1v) is 27.4. The maximum atomic E-state index is 13.0. The number of aromatic nitrogens is 4. The standard InChI is InChI=1S/C39H53N3O4Si.C19H29N3O.CH4O.ClH/c1-10-42-28-34(41-35(42)39(8,9)44)30-23-21-29(22-24-30)27-31(40-36(43)46-37(2,3)4)25-26-45-47(38(5,6)7,32-17-13-11-14-18-32)33-19-15-12-16-20-33;1-5-22-13-17(21-18(22)19(2,3)4)15-8-6-14(7-9-15)12-16(20)10-11-23;1-2;/h11-24,28,31,44H,10,25-27H2,1-9H3,(H,40,43);6-9,13,16,23H,5,10-12,20H2,1-4H3;2H,1H3;1H. The van der Waals surface area contributed by atoms with Crippen molar-refractivity contribution in [2.45, 2.75) is 163 Å². The topological polar surface area (TPSA) is 170 Å². The minimum absolute atomic E-state index is 0. The molecule has 0 bridgehead atoms. The van der Waals surface area contributed by atoms with Gasteiger partial charge in [0.05, 0.1) is 11.4 Å². The molecule has 0 aliphatic rings. The summed E-state index contributed by atoms with van der Waals surface area (Å²) in [6.07, 6.45) is 6.33. The number of halogens is 1. The smallest absolute Gasteiger partial charge is 0.407 e. The van der Waals surface area contributed by atoms with Crippen molar-refractivity contribution in [2.24, 2.45) is 5.73 Å². The summed E-state index contributed by atoms with van der Waals surface area (Å²) in [7, 11) is -1.72. The molecule has 0 aliphatic carbocycles. The van der Waals surface area contributed by atoms with E-state index in [-0.39, 0.29) is 41.6 Å². The van der Waals surface area contributed by atoms with Gasteiger partial charge < -0.3 is 44.7 Å². The third-order valence-electron chi connectivity index (χ3n) is 12.4. The predicted molar refractivity (Wildman–Crippen MR) is 304 cm³/mol. The summed E-state index contributed by atoms with van der Waals surface area (Å²) in [6, 6.07) is 37.7. The molecule has 4 aromatic carbocycles. The molecule has 73 heavy (non-hydrogen) atoms. The van der Waals surface area contributed by atoms with Crippen molar-refractivity contribution < 1.29 is 29.3 Å². The Morgan fingerprint density at radius 1 is 0.671 bits per heavy atom. The average molecular weight is 1040 g/mol. The number of rotatable bonds is 18. The van der Waals surface area contributed by atoms with E-state index < -0.39 is 25.6 Å². The molecule has 2 atom stereocenters. The van der Waals surface area contributed by atoms with Gasteiger partial charge in [0.15, 0.2) is 0 Å². The van der Waals surface area contributed by atoms with Crippen LogP contribution in [0.2, 0.25) is 5.04 Å². The lowest BCUT2D eigenvalue weighted by atomic mass is 9.95.